The van der Waals surface area contributed by atoms with E-state index in [1.807, 2.05) is 73.6 Å². The number of hydrogen-bond donors (Lipinski definition) is 0. The third kappa shape index (κ3) is 3.43. The second kappa shape index (κ2) is 6.62. The Bertz CT molecular complexity index is 682. The molecule has 0 N–H and O–H groups in total. The fraction of sp³-hybridized carbons (Fsp3) is 0.167. The van der Waals surface area contributed by atoms with Crippen LogP contribution in [0, 0.1) is 11.3 Å². The molecule has 0 atom stereocenters. The highest BCUT2D eigenvalue weighted by Crippen LogP contribution is 2.28. The Hall–Kier alpha value is -2.73. The zero-order valence-electron chi connectivity index (χ0n) is 12.5. The van der Waals surface area contributed by atoms with E-state index in [-0.39, 0.29) is 0 Å². The van der Waals surface area contributed by atoms with Crippen LogP contribution in [0.5, 0.6) is 5.75 Å². The first kappa shape index (κ1) is 14.7. The third-order valence-corrected chi connectivity index (χ3v) is 3.24. The SMILES string of the molecule is COc1cc(N(C)C)ccc1/C=C(\C#N)c1ccccc1. The first-order valence-electron chi connectivity index (χ1n) is 6.68. The van der Waals surface area contributed by atoms with E-state index in [2.05, 4.69) is 6.07 Å². The molecule has 0 unspecified atom stereocenters. The van der Waals surface area contributed by atoms with Gasteiger partial charge in [0, 0.05) is 31.4 Å². The number of methoxy groups -OCH3 is 1. The molecule has 106 valence electrons. The van der Waals surface area contributed by atoms with E-state index >= 15 is 0 Å². The van der Waals surface area contributed by atoms with Gasteiger partial charge < -0.3 is 9.64 Å². The maximum atomic E-state index is 9.38. The van der Waals surface area contributed by atoms with Gasteiger partial charge in [0.25, 0.3) is 0 Å². The average molecular weight is 278 g/mol. The lowest BCUT2D eigenvalue weighted by molar-refractivity contribution is 0.414. The van der Waals surface area contributed by atoms with Crippen molar-refractivity contribution >= 4 is 17.3 Å². The Morgan fingerprint density at radius 2 is 1.86 bits per heavy atom. The standard InChI is InChI=1S/C18H18N2O/c1-20(2)17-10-9-15(18(12-17)21-3)11-16(13-19)14-7-5-4-6-8-14/h4-12H,1-3H3/b16-11+. The molecule has 21 heavy (non-hydrogen) atoms. The van der Waals surface area contributed by atoms with Gasteiger partial charge in [0.15, 0.2) is 0 Å². The van der Waals surface area contributed by atoms with Crippen molar-refractivity contribution in [2.45, 2.75) is 0 Å². The molecule has 0 aromatic heterocycles. The molecule has 0 aliphatic carbocycles. The molecule has 3 heteroatoms. The van der Waals surface area contributed by atoms with Gasteiger partial charge >= 0.3 is 0 Å². The van der Waals surface area contributed by atoms with Gasteiger partial charge in [-0.1, -0.05) is 30.3 Å². The van der Waals surface area contributed by atoms with Crippen LogP contribution in [-0.4, -0.2) is 21.2 Å². The summed E-state index contributed by atoms with van der Waals surface area (Å²) in [5.41, 5.74) is 3.47. The normalized spacial score (nSPS) is 10.9. The Morgan fingerprint density at radius 1 is 1.14 bits per heavy atom. The summed E-state index contributed by atoms with van der Waals surface area (Å²) in [6.45, 7) is 0. The fourth-order valence-electron chi connectivity index (χ4n) is 2.05. The van der Waals surface area contributed by atoms with E-state index in [9.17, 15) is 5.26 Å². The van der Waals surface area contributed by atoms with Crippen LogP contribution in [0.2, 0.25) is 0 Å². The predicted octanol–water partition coefficient (Wildman–Crippen LogP) is 3.83. The molecular weight excluding hydrogens is 260 g/mol. The van der Waals surface area contributed by atoms with Crippen LogP contribution in [-0.2, 0) is 0 Å². The minimum atomic E-state index is 0.617. The minimum Gasteiger partial charge on any atom is -0.496 e. The van der Waals surface area contributed by atoms with E-state index in [0.29, 0.717) is 5.57 Å². The first-order valence-corrected chi connectivity index (χ1v) is 6.68. The second-order valence-corrected chi connectivity index (χ2v) is 4.86. The predicted molar refractivity (Wildman–Crippen MR) is 87.2 cm³/mol. The van der Waals surface area contributed by atoms with Crippen molar-refractivity contribution in [2.75, 3.05) is 26.1 Å². The summed E-state index contributed by atoms with van der Waals surface area (Å²) in [6, 6.07) is 17.8. The van der Waals surface area contributed by atoms with Crippen molar-refractivity contribution in [3.8, 4) is 11.8 Å². The lowest BCUT2D eigenvalue weighted by Gasteiger charge is -2.15. The highest BCUT2D eigenvalue weighted by atomic mass is 16.5. The maximum Gasteiger partial charge on any atom is 0.128 e. The molecule has 0 aliphatic rings. The Labute approximate surface area is 125 Å². The molecular formula is C18H18N2O. The van der Waals surface area contributed by atoms with Crippen LogP contribution >= 0.6 is 0 Å². The minimum absolute atomic E-state index is 0.617. The largest absolute Gasteiger partial charge is 0.496 e. The summed E-state index contributed by atoms with van der Waals surface area (Å²) in [7, 11) is 5.60. The van der Waals surface area contributed by atoms with Gasteiger partial charge in [-0.25, -0.2) is 0 Å². The summed E-state index contributed by atoms with van der Waals surface area (Å²) < 4.78 is 5.44. The van der Waals surface area contributed by atoms with Gasteiger partial charge in [-0.05, 0) is 23.8 Å². The molecule has 0 radical (unpaired) electrons. The number of allylic oxidation sites excluding steroid dienone is 1. The van der Waals surface area contributed by atoms with E-state index in [4.69, 9.17) is 4.74 Å². The van der Waals surface area contributed by atoms with Gasteiger partial charge in [-0.3, -0.25) is 0 Å². The molecule has 0 amide bonds. The second-order valence-electron chi connectivity index (χ2n) is 4.86. The summed E-state index contributed by atoms with van der Waals surface area (Å²) in [6.07, 6.45) is 1.85. The molecule has 0 fully saturated rings. The summed E-state index contributed by atoms with van der Waals surface area (Å²) >= 11 is 0. The summed E-state index contributed by atoms with van der Waals surface area (Å²) in [5.74, 6) is 0.755. The van der Waals surface area contributed by atoms with Gasteiger partial charge in [0.2, 0.25) is 0 Å². The Kier molecular flexibility index (Phi) is 4.63. The van der Waals surface area contributed by atoms with Gasteiger partial charge in [0.05, 0.1) is 18.8 Å². The van der Waals surface area contributed by atoms with Crippen LogP contribution in [0.1, 0.15) is 11.1 Å². The van der Waals surface area contributed by atoms with E-state index < -0.39 is 0 Å². The molecule has 2 aromatic carbocycles. The molecule has 2 aromatic rings. The number of benzene rings is 2. The molecule has 3 nitrogen and oxygen atoms in total. The molecule has 0 saturated carbocycles. The summed E-state index contributed by atoms with van der Waals surface area (Å²) in [4.78, 5) is 2.01. The topological polar surface area (TPSA) is 36.3 Å². The smallest absolute Gasteiger partial charge is 0.128 e. The quantitative estimate of drug-likeness (QED) is 0.630. The number of nitrogens with zero attached hydrogens (tertiary/aromatic N) is 2. The van der Waals surface area contributed by atoms with Gasteiger partial charge in [-0.15, -0.1) is 0 Å². The van der Waals surface area contributed by atoms with Crippen LogP contribution in [0.25, 0.3) is 11.6 Å². The molecule has 0 bridgehead atoms. The van der Waals surface area contributed by atoms with Crippen molar-refractivity contribution in [1.29, 1.82) is 5.26 Å². The van der Waals surface area contributed by atoms with Crippen LogP contribution < -0.4 is 9.64 Å². The van der Waals surface area contributed by atoms with E-state index in [0.717, 1.165) is 22.6 Å². The summed E-state index contributed by atoms with van der Waals surface area (Å²) in [5, 5.41) is 9.38. The maximum absolute atomic E-state index is 9.38. The number of ether oxygens (including phenoxy) is 1. The molecule has 0 spiro atoms. The Morgan fingerprint density at radius 3 is 2.43 bits per heavy atom. The first-order chi connectivity index (χ1) is 10.2. The molecule has 0 saturated heterocycles. The van der Waals surface area contributed by atoms with Crippen molar-refractivity contribution in [1.82, 2.24) is 0 Å². The molecule has 2 rings (SSSR count). The van der Waals surface area contributed by atoms with E-state index in [1.54, 1.807) is 7.11 Å². The van der Waals surface area contributed by atoms with Crippen molar-refractivity contribution in [2.24, 2.45) is 0 Å². The van der Waals surface area contributed by atoms with Crippen LogP contribution in [0.3, 0.4) is 0 Å². The van der Waals surface area contributed by atoms with Gasteiger partial charge in [0.1, 0.15) is 5.75 Å². The van der Waals surface area contributed by atoms with Crippen molar-refractivity contribution < 1.29 is 4.74 Å². The fourth-order valence-corrected chi connectivity index (χ4v) is 2.05. The van der Waals surface area contributed by atoms with Crippen LogP contribution in [0.15, 0.2) is 48.5 Å². The highest BCUT2D eigenvalue weighted by molar-refractivity contribution is 5.90. The highest BCUT2D eigenvalue weighted by Gasteiger charge is 2.06. The van der Waals surface area contributed by atoms with E-state index in [1.165, 1.54) is 0 Å². The number of rotatable bonds is 4. The number of nitriles is 1. The lowest BCUT2D eigenvalue weighted by Crippen LogP contribution is -2.08. The zero-order chi connectivity index (χ0) is 15.2. The monoisotopic (exact) mass is 278 g/mol. The number of hydrogen-bond acceptors (Lipinski definition) is 3. The lowest BCUT2D eigenvalue weighted by atomic mass is 10.0. The van der Waals surface area contributed by atoms with Gasteiger partial charge in [-0.2, -0.15) is 5.26 Å². The third-order valence-electron chi connectivity index (χ3n) is 3.24. The van der Waals surface area contributed by atoms with Crippen molar-refractivity contribution in [3.63, 3.8) is 0 Å². The Balaban J connectivity index is 2.46. The molecule has 0 heterocycles. The molecule has 0 aliphatic heterocycles. The van der Waals surface area contributed by atoms with Crippen LogP contribution in [0.4, 0.5) is 5.69 Å². The zero-order valence-corrected chi connectivity index (χ0v) is 12.5. The van der Waals surface area contributed by atoms with Crippen molar-refractivity contribution in [3.05, 3.63) is 59.7 Å². The average Bonchev–Trinajstić information content (AvgIpc) is 2.53. The number of anilines is 1.